The predicted molar refractivity (Wildman–Crippen MR) is 119 cm³/mol. The highest BCUT2D eigenvalue weighted by molar-refractivity contribution is 5.90. The van der Waals surface area contributed by atoms with Crippen LogP contribution in [-0.4, -0.2) is 73.9 Å². The summed E-state index contributed by atoms with van der Waals surface area (Å²) in [5, 5.41) is 0. The second-order valence-corrected chi connectivity index (χ2v) is 7.16. The number of benzene rings is 1. The number of allylic oxidation sites excluding steroid dienone is 1. The molecule has 0 atom stereocenters. The lowest BCUT2D eigenvalue weighted by Gasteiger charge is -2.36. The third-order valence-electron chi connectivity index (χ3n) is 5.12. The number of esters is 1. The molecule has 2 heterocycles. The molecular formula is C22H28N6O2. The molecule has 0 saturated carbocycles. The Morgan fingerprint density at radius 3 is 2.43 bits per heavy atom. The number of piperazine rings is 1. The molecule has 1 aliphatic rings. The molecule has 0 bridgehead atoms. The topological polar surface area (TPSA) is 96.9 Å². The zero-order chi connectivity index (χ0) is 21.5. The fraction of sp³-hybridized carbons (Fsp3) is 0.364. The van der Waals surface area contributed by atoms with Gasteiger partial charge in [-0.05, 0) is 19.1 Å². The molecule has 1 saturated heterocycles. The van der Waals surface area contributed by atoms with Crippen molar-refractivity contribution in [3.8, 4) is 11.3 Å². The van der Waals surface area contributed by atoms with E-state index < -0.39 is 0 Å². The summed E-state index contributed by atoms with van der Waals surface area (Å²) in [7, 11) is 3.13. The van der Waals surface area contributed by atoms with Crippen LogP contribution in [0.1, 0.15) is 17.3 Å². The highest BCUT2D eigenvalue weighted by atomic mass is 16.5. The van der Waals surface area contributed by atoms with Crippen molar-refractivity contribution in [3.05, 3.63) is 53.5 Å². The second-order valence-electron chi connectivity index (χ2n) is 7.16. The standard InChI is InChI=1S/C22H28N6O2/c1-16(23)19(14-24-2)15-27-10-12-28(13-11-27)21-20(25-8-9-26-21)17-4-6-18(7-5-17)22(29)30-3/h4-9,14H,10-13,15,23H2,1-3H3. The Morgan fingerprint density at radius 2 is 1.83 bits per heavy atom. The van der Waals surface area contributed by atoms with Gasteiger partial charge in [-0.3, -0.25) is 14.9 Å². The van der Waals surface area contributed by atoms with E-state index in [1.54, 1.807) is 31.6 Å². The summed E-state index contributed by atoms with van der Waals surface area (Å²) < 4.78 is 4.77. The zero-order valence-corrected chi connectivity index (χ0v) is 17.7. The molecule has 8 nitrogen and oxygen atoms in total. The summed E-state index contributed by atoms with van der Waals surface area (Å²) in [6.07, 6.45) is 5.24. The van der Waals surface area contributed by atoms with E-state index >= 15 is 0 Å². The molecule has 0 spiro atoms. The third-order valence-corrected chi connectivity index (χ3v) is 5.12. The van der Waals surface area contributed by atoms with Crippen LogP contribution in [0.2, 0.25) is 0 Å². The second kappa shape index (κ2) is 9.98. The Kier molecular flexibility index (Phi) is 7.13. The number of methoxy groups -OCH3 is 1. The molecule has 2 aromatic rings. The number of nitrogens with two attached hydrogens (primary N) is 1. The lowest BCUT2D eigenvalue weighted by Crippen LogP contribution is -2.47. The highest BCUT2D eigenvalue weighted by Crippen LogP contribution is 2.27. The van der Waals surface area contributed by atoms with Crippen molar-refractivity contribution in [2.45, 2.75) is 6.92 Å². The summed E-state index contributed by atoms with van der Waals surface area (Å²) in [6, 6.07) is 7.24. The molecule has 3 rings (SSSR count). The fourth-order valence-corrected chi connectivity index (χ4v) is 3.43. The number of carbonyl (C=O) groups is 1. The molecule has 1 aromatic heterocycles. The lowest BCUT2D eigenvalue weighted by atomic mass is 10.1. The van der Waals surface area contributed by atoms with Crippen molar-refractivity contribution in [2.75, 3.05) is 51.8 Å². The number of nitrogens with zero attached hydrogens (tertiary/aromatic N) is 5. The van der Waals surface area contributed by atoms with E-state index in [-0.39, 0.29) is 5.97 Å². The van der Waals surface area contributed by atoms with Crippen LogP contribution < -0.4 is 10.6 Å². The van der Waals surface area contributed by atoms with Gasteiger partial charge in [0.2, 0.25) is 0 Å². The lowest BCUT2D eigenvalue weighted by molar-refractivity contribution is 0.0601. The summed E-state index contributed by atoms with van der Waals surface area (Å²) in [5.74, 6) is 0.496. The molecule has 0 amide bonds. The highest BCUT2D eigenvalue weighted by Gasteiger charge is 2.22. The normalized spacial score (nSPS) is 15.9. The Hall–Kier alpha value is -3.26. The van der Waals surface area contributed by atoms with Crippen LogP contribution in [0.4, 0.5) is 5.82 Å². The Balaban J connectivity index is 1.73. The van der Waals surface area contributed by atoms with E-state index in [4.69, 9.17) is 10.5 Å². The summed E-state index contributed by atoms with van der Waals surface area (Å²) in [4.78, 5) is 29.6. The number of ether oxygens (including phenoxy) is 1. The van der Waals surface area contributed by atoms with Crippen LogP contribution in [0.5, 0.6) is 0 Å². The Labute approximate surface area is 177 Å². The number of hydrogen-bond acceptors (Lipinski definition) is 8. The fourth-order valence-electron chi connectivity index (χ4n) is 3.43. The quantitative estimate of drug-likeness (QED) is 0.577. The van der Waals surface area contributed by atoms with E-state index in [0.29, 0.717) is 5.56 Å². The van der Waals surface area contributed by atoms with Crippen LogP contribution in [-0.2, 0) is 4.74 Å². The number of hydrogen-bond donors (Lipinski definition) is 1. The van der Waals surface area contributed by atoms with Gasteiger partial charge in [0.05, 0.1) is 12.7 Å². The summed E-state index contributed by atoms with van der Waals surface area (Å²) in [5.41, 5.74) is 10.1. The monoisotopic (exact) mass is 408 g/mol. The minimum Gasteiger partial charge on any atom is -0.465 e. The Morgan fingerprint density at radius 1 is 1.17 bits per heavy atom. The summed E-state index contributed by atoms with van der Waals surface area (Å²) >= 11 is 0. The van der Waals surface area contributed by atoms with Crippen molar-refractivity contribution in [3.63, 3.8) is 0 Å². The van der Waals surface area contributed by atoms with E-state index in [9.17, 15) is 4.79 Å². The molecule has 1 fully saturated rings. The number of carbonyl (C=O) groups excluding carboxylic acids is 1. The van der Waals surface area contributed by atoms with Crippen LogP contribution in [0.25, 0.3) is 11.3 Å². The number of aliphatic imine (C=N–C) groups is 1. The van der Waals surface area contributed by atoms with E-state index in [1.807, 2.05) is 25.3 Å². The molecule has 158 valence electrons. The molecule has 8 heteroatoms. The zero-order valence-electron chi connectivity index (χ0n) is 17.7. The SMILES string of the molecule is CN=CC(CN1CCN(c2nccnc2-c2ccc(C(=O)OC)cc2)CC1)=C(C)N. The van der Waals surface area contributed by atoms with Gasteiger partial charge in [0.1, 0.15) is 5.69 Å². The van der Waals surface area contributed by atoms with Gasteiger partial charge in [-0.15, -0.1) is 0 Å². The molecule has 1 aromatic carbocycles. The first kappa shape index (κ1) is 21.4. The van der Waals surface area contributed by atoms with Gasteiger partial charge in [-0.1, -0.05) is 12.1 Å². The molecular weight excluding hydrogens is 380 g/mol. The van der Waals surface area contributed by atoms with Gasteiger partial charge >= 0.3 is 5.97 Å². The largest absolute Gasteiger partial charge is 0.465 e. The molecule has 0 radical (unpaired) electrons. The maximum Gasteiger partial charge on any atom is 0.337 e. The number of rotatable bonds is 6. The van der Waals surface area contributed by atoms with Gasteiger partial charge in [0.15, 0.2) is 5.82 Å². The van der Waals surface area contributed by atoms with Crippen molar-refractivity contribution in [1.82, 2.24) is 14.9 Å². The molecule has 2 N–H and O–H groups in total. The van der Waals surface area contributed by atoms with Crippen LogP contribution in [0.3, 0.4) is 0 Å². The van der Waals surface area contributed by atoms with Crippen molar-refractivity contribution in [1.29, 1.82) is 0 Å². The molecule has 30 heavy (non-hydrogen) atoms. The average Bonchev–Trinajstić information content (AvgIpc) is 2.79. The van der Waals surface area contributed by atoms with Crippen molar-refractivity contribution >= 4 is 18.0 Å². The molecule has 0 aliphatic carbocycles. The number of anilines is 1. The van der Waals surface area contributed by atoms with Crippen molar-refractivity contribution < 1.29 is 9.53 Å². The molecule has 1 aliphatic heterocycles. The first-order chi connectivity index (χ1) is 14.5. The van der Waals surface area contributed by atoms with Gasteiger partial charge in [-0.2, -0.15) is 0 Å². The van der Waals surface area contributed by atoms with Crippen molar-refractivity contribution in [2.24, 2.45) is 10.7 Å². The first-order valence-electron chi connectivity index (χ1n) is 9.88. The average molecular weight is 409 g/mol. The maximum atomic E-state index is 11.7. The third kappa shape index (κ3) is 5.01. The van der Waals surface area contributed by atoms with E-state index in [1.165, 1.54) is 7.11 Å². The van der Waals surface area contributed by atoms with Gasteiger partial charge in [0.25, 0.3) is 0 Å². The number of aromatic nitrogens is 2. The minimum atomic E-state index is -0.355. The minimum absolute atomic E-state index is 0.355. The predicted octanol–water partition coefficient (Wildman–Crippen LogP) is 1.99. The van der Waals surface area contributed by atoms with Crippen LogP contribution in [0.15, 0.2) is 52.9 Å². The van der Waals surface area contributed by atoms with Crippen LogP contribution in [0, 0.1) is 0 Å². The van der Waals surface area contributed by atoms with Gasteiger partial charge in [0, 0.05) is 75.2 Å². The van der Waals surface area contributed by atoms with E-state index in [0.717, 1.165) is 61.1 Å². The smallest absolute Gasteiger partial charge is 0.337 e. The van der Waals surface area contributed by atoms with Gasteiger partial charge in [-0.25, -0.2) is 9.78 Å². The first-order valence-corrected chi connectivity index (χ1v) is 9.88. The van der Waals surface area contributed by atoms with E-state index in [2.05, 4.69) is 24.8 Å². The van der Waals surface area contributed by atoms with Gasteiger partial charge < -0.3 is 15.4 Å². The molecule has 0 unspecified atom stereocenters. The Bertz CT molecular complexity index is 927. The maximum absolute atomic E-state index is 11.7. The summed E-state index contributed by atoms with van der Waals surface area (Å²) in [6.45, 7) is 6.16. The van der Waals surface area contributed by atoms with Crippen LogP contribution >= 0.6 is 0 Å².